The molecule has 1 aromatic rings. The van der Waals surface area contributed by atoms with Crippen LogP contribution in [0.5, 0.6) is 0 Å². The lowest BCUT2D eigenvalue weighted by atomic mass is 10.1. The van der Waals surface area contributed by atoms with Crippen molar-refractivity contribution in [3.63, 3.8) is 0 Å². The molecule has 0 radical (unpaired) electrons. The summed E-state index contributed by atoms with van der Waals surface area (Å²) in [7, 11) is 2.09. The van der Waals surface area contributed by atoms with E-state index in [9.17, 15) is 0 Å². The van der Waals surface area contributed by atoms with E-state index in [0.717, 1.165) is 30.1 Å². The Bertz CT molecular complexity index is 503. The Kier molecular flexibility index (Phi) is 5.85. The number of aliphatic imine (C=N–C) groups is 1. The van der Waals surface area contributed by atoms with Crippen molar-refractivity contribution in [2.45, 2.75) is 32.6 Å². The summed E-state index contributed by atoms with van der Waals surface area (Å²) in [5, 5.41) is 9.16. The summed E-state index contributed by atoms with van der Waals surface area (Å²) in [6, 6.07) is 8.08. The number of hydrogen-bond acceptors (Lipinski definition) is 2. The molecule has 1 aliphatic heterocycles. The molecule has 0 aromatic heterocycles. The summed E-state index contributed by atoms with van der Waals surface area (Å²) in [6.07, 6.45) is 4.70. The zero-order chi connectivity index (χ0) is 13.0. The van der Waals surface area contributed by atoms with E-state index in [4.69, 9.17) is 10.3 Å². The molecule has 2 rings (SSSR count). The molecule has 0 atom stereocenters. The van der Waals surface area contributed by atoms with Crippen molar-refractivity contribution in [3.8, 4) is 6.07 Å². The van der Waals surface area contributed by atoms with Gasteiger partial charge in [0.1, 0.15) is 11.9 Å². The minimum atomic E-state index is 0. The summed E-state index contributed by atoms with van der Waals surface area (Å²) in [4.78, 5) is 6.91. The third-order valence-corrected chi connectivity index (χ3v) is 3.36. The first kappa shape index (κ1) is 15.5. The van der Waals surface area contributed by atoms with E-state index < -0.39 is 0 Å². The van der Waals surface area contributed by atoms with E-state index in [2.05, 4.69) is 18.0 Å². The molecular weight excluding hydrogens is 258 g/mol. The maximum Gasteiger partial charge on any atom is 0.105 e. The van der Waals surface area contributed by atoms with Crippen LogP contribution in [0.15, 0.2) is 23.2 Å². The number of hydrogen-bond donors (Lipinski definition) is 0. The van der Waals surface area contributed by atoms with Gasteiger partial charge in [-0.3, -0.25) is 0 Å². The molecular formula is C15H19ClN3-. The van der Waals surface area contributed by atoms with Crippen molar-refractivity contribution in [3.05, 3.63) is 29.3 Å². The van der Waals surface area contributed by atoms with E-state index >= 15 is 0 Å². The largest absolute Gasteiger partial charge is 1.00 e. The fourth-order valence-corrected chi connectivity index (χ4v) is 2.25. The Morgan fingerprint density at radius 3 is 2.79 bits per heavy atom. The number of nitrogens with zero attached hydrogens (tertiary/aromatic N) is 3. The van der Waals surface area contributed by atoms with Gasteiger partial charge in [0.25, 0.3) is 0 Å². The van der Waals surface area contributed by atoms with Gasteiger partial charge in [-0.1, -0.05) is 12.5 Å². The van der Waals surface area contributed by atoms with Gasteiger partial charge in [-0.2, -0.15) is 5.26 Å². The predicted molar refractivity (Wildman–Crippen MR) is 74.1 cm³/mol. The highest BCUT2D eigenvalue weighted by atomic mass is 35.5. The fourth-order valence-electron chi connectivity index (χ4n) is 2.25. The summed E-state index contributed by atoms with van der Waals surface area (Å²) < 4.78 is 0. The molecule has 0 N–H and O–H groups in total. The Labute approximate surface area is 121 Å². The molecule has 19 heavy (non-hydrogen) atoms. The van der Waals surface area contributed by atoms with Crippen LogP contribution in [-0.2, 0) is 0 Å². The molecule has 102 valence electrons. The SMILES string of the molecule is Cc1ccc(N=C2CCCCCN2C)c(C#N)c1.[Cl-]. The molecule has 1 saturated heterocycles. The second-order valence-corrected chi connectivity index (χ2v) is 4.89. The third-order valence-electron chi connectivity index (χ3n) is 3.36. The normalized spacial score (nSPS) is 17.5. The lowest BCUT2D eigenvalue weighted by Gasteiger charge is -2.18. The highest BCUT2D eigenvalue weighted by Gasteiger charge is 2.12. The van der Waals surface area contributed by atoms with Crippen molar-refractivity contribution in [1.29, 1.82) is 5.26 Å². The van der Waals surface area contributed by atoms with Gasteiger partial charge in [-0.05, 0) is 37.5 Å². The lowest BCUT2D eigenvalue weighted by Crippen LogP contribution is -3.00. The number of benzene rings is 1. The van der Waals surface area contributed by atoms with Crippen LogP contribution in [0, 0.1) is 18.3 Å². The molecule has 0 bridgehead atoms. The minimum Gasteiger partial charge on any atom is -1.00 e. The van der Waals surface area contributed by atoms with Gasteiger partial charge in [-0.15, -0.1) is 0 Å². The van der Waals surface area contributed by atoms with E-state index in [0.29, 0.717) is 5.56 Å². The van der Waals surface area contributed by atoms with Gasteiger partial charge in [0, 0.05) is 20.0 Å². The molecule has 1 aromatic carbocycles. The highest BCUT2D eigenvalue weighted by molar-refractivity contribution is 5.85. The predicted octanol–water partition coefficient (Wildman–Crippen LogP) is 0.406. The van der Waals surface area contributed by atoms with Crippen LogP contribution in [0.1, 0.15) is 36.8 Å². The zero-order valence-corrected chi connectivity index (χ0v) is 12.2. The van der Waals surface area contributed by atoms with Gasteiger partial charge in [0.2, 0.25) is 0 Å². The highest BCUT2D eigenvalue weighted by Crippen LogP contribution is 2.22. The van der Waals surface area contributed by atoms with Crippen LogP contribution in [0.4, 0.5) is 5.69 Å². The first-order valence-corrected chi connectivity index (χ1v) is 6.50. The van der Waals surface area contributed by atoms with Gasteiger partial charge in [-0.25, -0.2) is 4.99 Å². The average molecular weight is 277 g/mol. The Morgan fingerprint density at radius 2 is 2.05 bits per heavy atom. The number of amidine groups is 1. The second kappa shape index (κ2) is 7.16. The van der Waals surface area contributed by atoms with E-state index in [1.165, 1.54) is 19.3 Å². The van der Waals surface area contributed by atoms with Crippen LogP contribution in [-0.4, -0.2) is 24.3 Å². The van der Waals surface area contributed by atoms with Crippen molar-refractivity contribution in [2.24, 2.45) is 4.99 Å². The molecule has 0 spiro atoms. The molecule has 4 heteroatoms. The summed E-state index contributed by atoms with van der Waals surface area (Å²) in [6.45, 7) is 3.06. The monoisotopic (exact) mass is 276 g/mol. The van der Waals surface area contributed by atoms with Gasteiger partial charge < -0.3 is 17.3 Å². The Morgan fingerprint density at radius 1 is 1.26 bits per heavy atom. The zero-order valence-electron chi connectivity index (χ0n) is 11.5. The van der Waals surface area contributed by atoms with Crippen LogP contribution < -0.4 is 12.4 Å². The molecule has 0 amide bonds. The third kappa shape index (κ3) is 3.97. The first-order valence-electron chi connectivity index (χ1n) is 6.50. The van der Waals surface area contributed by atoms with Crippen molar-refractivity contribution >= 4 is 11.5 Å². The molecule has 0 saturated carbocycles. The summed E-state index contributed by atoms with van der Waals surface area (Å²) in [5.41, 5.74) is 2.57. The van der Waals surface area contributed by atoms with Crippen molar-refractivity contribution in [1.82, 2.24) is 4.90 Å². The van der Waals surface area contributed by atoms with Crippen molar-refractivity contribution < 1.29 is 12.4 Å². The summed E-state index contributed by atoms with van der Waals surface area (Å²) in [5.74, 6) is 1.10. The van der Waals surface area contributed by atoms with E-state index in [-0.39, 0.29) is 12.4 Å². The van der Waals surface area contributed by atoms with Crippen LogP contribution >= 0.6 is 0 Å². The molecule has 0 unspecified atom stereocenters. The molecule has 3 nitrogen and oxygen atoms in total. The Balaban J connectivity index is 0.00000180. The average Bonchev–Trinajstić information content (AvgIpc) is 2.57. The number of halogens is 1. The number of aryl methyl sites for hydroxylation is 1. The Hall–Kier alpha value is -1.53. The quantitative estimate of drug-likeness (QED) is 0.745. The molecule has 1 fully saturated rings. The van der Waals surface area contributed by atoms with E-state index in [1.807, 2.05) is 25.1 Å². The molecule has 1 aliphatic rings. The smallest absolute Gasteiger partial charge is 0.105 e. The van der Waals surface area contributed by atoms with Crippen molar-refractivity contribution in [2.75, 3.05) is 13.6 Å². The molecule has 0 aliphatic carbocycles. The number of likely N-dealkylation sites (tertiary alicyclic amines) is 1. The van der Waals surface area contributed by atoms with Gasteiger partial charge >= 0.3 is 0 Å². The van der Waals surface area contributed by atoms with Gasteiger partial charge in [0.05, 0.1) is 11.3 Å². The minimum absolute atomic E-state index is 0. The maximum absolute atomic E-state index is 9.16. The standard InChI is InChI=1S/C15H19N3.ClH/c1-12-7-8-14(13(10-12)11-16)17-15-6-4-3-5-9-18(15)2;/h7-8,10H,3-6,9H2,1-2H3;1H/p-1. The van der Waals surface area contributed by atoms with E-state index in [1.54, 1.807) is 0 Å². The molecule has 1 heterocycles. The van der Waals surface area contributed by atoms with Gasteiger partial charge in [0.15, 0.2) is 0 Å². The maximum atomic E-state index is 9.16. The van der Waals surface area contributed by atoms with Crippen LogP contribution in [0.25, 0.3) is 0 Å². The second-order valence-electron chi connectivity index (χ2n) is 4.89. The van der Waals surface area contributed by atoms with Crippen LogP contribution in [0.3, 0.4) is 0 Å². The first-order chi connectivity index (χ1) is 8.70. The topological polar surface area (TPSA) is 39.4 Å². The number of nitriles is 1. The summed E-state index contributed by atoms with van der Waals surface area (Å²) >= 11 is 0. The fraction of sp³-hybridized carbons (Fsp3) is 0.467. The lowest BCUT2D eigenvalue weighted by molar-refractivity contribution is -0.00000413. The number of rotatable bonds is 1. The van der Waals surface area contributed by atoms with Crippen LogP contribution in [0.2, 0.25) is 0 Å².